The molecule has 0 radical (unpaired) electrons. The summed E-state index contributed by atoms with van der Waals surface area (Å²) in [7, 11) is 0. The molecule has 0 spiro atoms. The highest BCUT2D eigenvalue weighted by atomic mass is 16.2. The molecule has 2 rings (SSSR count). The Balaban J connectivity index is 1.87. The highest BCUT2D eigenvalue weighted by Crippen LogP contribution is 2.18. The molecule has 0 bridgehead atoms. The van der Waals surface area contributed by atoms with E-state index in [2.05, 4.69) is 5.32 Å². The van der Waals surface area contributed by atoms with Crippen LogP contribution in [0.5, 0.6) is 0 Å². The van der Waals surface area contributed by atoms with Gasteiger partial charge < -0.3 is 10.2 Å². The summed E-state index contributed by atoms with van der Waals surface area (Å²) < 4.78 is 0. The fourth-order valence-electron chi connectivity index (χ4n) is 2.75. The molecule has 0 saturated carbocycles. The second-order valence-corrected chi connectivity index (χ2v) is 6.05. The van der Waals surface area contributed by atoms with Crippen LogP contribution < -0.4 is 5.32 Å². The maximum Gasteiger partial charge on any atom is 0.224 e. The molecule has 1 heterocycles. The van der Waals surface area contributed by atoms with E-state index in [9.17, 15) is 9.59 Å². The summed E-state index contributed by atoms with van der Waals surface area (Å²) in [4.78, 5) is 26.3. The number of carbonyl (C=O) groups excluding carboxylic acids is 2. The lowest BCUT2D eigenvalue weighted by Crippen LogP contribution is -2.48. The van der Waals surface area contributed by atoms with Crippen LogP contribution in [0.2, 0.25) is 0 Å². The molecular weight excluding hydrogens is 276 g/mol. The Morgan fingerprint density at radius 3 is 2.73 bits per heavy atom. The number of carbonyl (C=O) groups is 2. The normalized spacial score (nSPS) is 19.0. The van der Waals surface area contributed by atoms with Gasteiger partial charge in [0, 0.05) is 18.9 Å². The zero-order chi connectivity index (χ0) is 15.9. The summed E-state index contributed by atoms with van der Waals surface area (Å²) in [5, 5.41) is 3.02. The van der Waals surface area contributed by atoms with Gasteiger partial charge in [-0.3, -0.25) is 9.59 Å². The predicted molar refractivity (Wildman–Crippen MR) is 87.1 cm³/mol. The Morgan fingerprint density at radius 1 is 1.32 bits per heavy atom. The van der Waals surface area contributed by atoms with Gasteiger partial charge in [0.2, 0.25) is 11.8 Å². The lowest BCUT2D eigenvalue weighted by Gasteiger charge is -2.26. The van der Waals surface area contributed by atoms with Crippen LogP contribution in [0.3, 0.4) is 0 Å². The monoisotopic (exact) mass is 302 g/mol. The SMILES string of the molecule is CC[C@H](C)C(=O)N[C@H]1CCCN1C(=O)CCc1ccccc1. The van der Waals surface area contributed by atoms with Gasteiger partial charge in [-0.1, -0.05) is 44.2 Å². The van der Waals surface area contributed by atoms with E-state index in [1.807, 2.05) is 49.1 Å². The minimum absolute atomic E-state index is 0.00173. The topological polar surface area (TPSA) is 49.4 Å². The number of hydrogen-bond acceptors (Lipinski definition) is 2. The van der Waals surface area contributed by atoms with Gasteiger partial charge in [-0.15, -0.1) is 0 Å². The summed E-state index contributed by atoms with van der Waals surface area (Å²) in [6, 6.07) is 10.0. The van der Waals surface area contributed by atoms with Gasteiger partial charge in [0.05, 0.1) is 0 Å². The molecule has 2 amide bonds. The lowest BCUT2D eigenvalue weighted by molar-refractivity contribution is -0.134. The molecule has 120 valence electrons. The van der Waals surface area contributed by atoms with Crippen molar-refractivity contribution in [1.29, 1.82) is 0 Å². The zero-order valence-corrected chi connectivity index (χ0v) is 13.5. The fourth-order valence-corrected chi connectivity index (χ4v) is 2.75. The van der Waals surface area contributed by atoms with Crippen molar-refractivity contribution in [2.75, 3.05) is 6.54 Å². The summed E-state index contributed by atoms with van der Waals surface area (Å²) in [5.74, 6) is 0.188. The Labute approximate surface area is 132 Å². The summed E-state index contributed by atoms with van der Waals surface area (Å²) >= 11 is 0. The molecule has 1 aliphatic heterocycles. The van der Waals surface area contributed by atoms with Gasteiger partial charge in [-0.2, -0.15) is 0 Å². The number of likely N-dealkylation sites (tertiary alicyclic amines) is 1. The van der Waals surface area contributed by atoms with Crippen molar-refractivity contribution in [3.63, 3.8) is 0 Å². The number of nitrogens with one attached hydrogen (secondary N) is 1. The number of hydrogen-bond donors (Lipinski definition) is 1. The molecule has 1 aromatic carbocycles. The third-order valence-corrected chi connectivity index (χ3v) is 4.41. The van der Waals surface area contributed by atoms with E-state index in [1.54, 1.807) is 0 Å². The molecule has 1 fully saturated rings. The van der Waals surface area contributed by atoms with Crippen molar-refractivity contribution in [3.05, 3.63) is 35.9 Å². The van der Waals surface area contributed by atoms with Gasteiger partial charge in [0.25, 0.3) is 0 Å². The number of amides is 2. The average Bonchev–Trinajstić information content (AvgIpc) is 3.00. The van der Waals surface area contributed by atoms with Crippen molar-refractivity contribution >= 4 is 11.8 Å². The molecule has 4 heteroatoms. The Kier molecular flexibility index (Phi) is 5.99. The van der Waals surface area contributed by atoms with E-state index in [0.717, 1.165) is 32.2 Å². The van der Waals surface area contributed by atoms with Crippen LogP contribution in [0.15, 0.2) is 30.3 Å². The van der Waals surface area contributed by atoms with Crippen LogP contribution in [0.1, 0.15) is 45.1 Å². The summed E-state index contributed by atoms with van der Waals surface area (Å²) in [6.45, 7) is 4.67. The first-order chi connectivity index (χ1) is 10.6. The Hall–Kier alpha value is -1.84. The fraction of sp³-hybridized carbons (Fsp3) is 0.556. The first-order valence-corrected chi connectivity index (χ1v) is 8.25. The quantitative estimate of drug-likeness (QED) is 0.878. The molecular formula is C18H26N2O2. The molecule has 1 N–H and O–H groups in total. The number of benzene rings is 1. The van der Waals surface area contributed by atoms with Crippen LogP contribution in [-0.2, 0) is 16.0 Å². The van der Waals surface area contributed by atoms with Crippen LogP contribution in [-0.4, -0.2) is 29.4 Å². The Bertz CT molecular complexity index is 501. The maximum atomic E-state index is 12.4. The third kappa shape index (κ3) is 4.33. The van der Waals surface area contributed by atoms with Crippen molar-refractivity contribution in [3.8, 4) is 0 Å². The standard InChI is InChI=1S/C18H26N2O2/c1-3-14(2)18(22)19-16-10-7-13-20(16)17(21)12-11-15-8-5-4-6-9-15/h4-6,8-9,14,16H,3,7,10-13H2,1-2H3,(H,19,22)/t14-,16+/m0/s1. The summed E-state index contributed by atoms with van der Waals surface area (Å²) in [6.07, 6.45) is 3.77. The molecule has 4 nitrogen and oxygen atoms in total. The Morgan fingerprint density at radius 2 is 2.05 bits per heavy atom. The van der Waals surface area contributed by atoms with Crippen molar-refractivity contribution < 1.29 is 9.59 Å². The van der Waals surface area contributed by atoms with Crippen LogP contribution >= 0.6 is 0 Å². The number of nitrogens with zero attached hydrogens (tertiary/aromatic N) is 1. The summed E-state index contributed by atoms with van der Waals surface area (Å²) in [5.41, 5.74) is 1.18. The van der Waals surface area contributed by atoms with Crippen molar-refractivity contribution in [1.82, 2.24) is 10.2 Å². The predicted octanol–water partition coefficient (Wildman–Crippen LogP) is 2.73. The molecule has 0 aromatic heterocycles. The van der Waals surface area contributed by atoms with Crippen LogP contribution in [0, 0.1) is 5.92 Å². The van der Waals surface area contributed by atoms with Gasteiger partial charge in [-0.25, -0.2) is 0 Å². The van der Waals surface area contributed by atoms with E-state index in [0.29, 0.717) is 6.42 Å². The van der Waals surface area contributed by atoms with Crippen LogP contribution in [0.25, 0.3) is 0 Å². The minimum atomic E-state index is -0.121. The maximum absolute atomic E-state index is 12.4. The van der Waals surface area contributed by atoms with Crippen LogP contribution in [0.4, 0.5) is 0 Å². The van der Waals surface area contributed by atoms with E-state index in [4.69, 9.17) is 0 Å². The van der Waals surface area contributed by atoms with E-state index in [-0.39, 0.29) is 23.9 Å². The van der Waals surface area contributed by atoms with Gasteiger partial charge >= 0.3 is 0 Å². The van der Waals surface area contributed by atoms with E-state index >= 15 is 0 Å². The van der Waals surface area contributed by atoms with Gasteiger partial charge in [-0.05, 0) is 31.2 Å². The number of aryl methyl sites for hydroxylation is 1. The number of rotatable bonds is 6. The highest BCUT2D eigenvalue weighted by molar-refractivity contribution is 5.81. The average molecular weight is 302 g/mol. The minimum Gasteiger partial charge on any atom is -0.336 e. The largest absolute Gasteiger partial charge is 0.336 e. The molecule has 22 heavy (non-hydrogen) atoms. The molecule has 0 aliphatic carbocycles. The lowest BCUT2D eigenvalue weighted by atomic mass is 10.1. The first kappa shape index (κ1) is 16.5. The van der Waals surface area contributed by atoms with Gasteiger partial charge in [0.15, 0.2) is 0 Å². The second kappa shape index (κ2) is 7.97. The molecule has 1 aromatic rings. The molecule has 0 unspecified atom stereocenters. The van der Waals surface area contributed by atoms with E-state index in [1.165, 1.54) is 5.56 Å². The highest BCUT2D eigenvalue weighted by Gasteiger charge is 2.30. The zero-order valence-electron chi connectivity index (χ0n) is 13.5. The molecule has 1 saturated heterocycles. The first-order valence-electron chi connectivity index (χ1n) is 8.25. The van der Waals surface area contributed by atoms with Crippen molar-refractivity contribution in [2.24, 2.45) is 5.92 Å². The van der Waals surface area contributed by atoms with Gasteiger partial charge in [0.1, 0.15) is 6.17 Å². The molecule has 2 atom stereocenters. The second-order valence-electron chi connectivity index (χ2n) is 6.05. The smallest absolute Gasteiger partial charge is 0.224 e. The third-order valence-electron chi connectivity index (χ3n) is 4.41. The molecule has 1 aliphatic rings. The van der Waals surface area contributed by atoms with Crippen molar-refractivity contribution in [2.45, 2.75) is 52.1 Å². The van der Waals surface area contributed by atoms with E-state index < -0.39 is 0 Å².